The number of anilines is 1. The zero-order chi connectivity index (χ0) is 17.6. The molecule has 2 N–H and O–H groups in total. The molecule has 0 atom stereocenters. The Balaban J connectivity index is 1.45. The summed E-state index contributed by atoms with van der Waals surface area (Å²) >= 11 is 6.00. The number of urea groups is 1. The Morgan fingerprint density at radius 2 is 1.88 bits per heavy atom. The average Bonchev–Trinajstić information content (AvgIpc) is 2.61. The Labute approximate surface area is 154 Å². The highest BCUT2D eigenvalue weighted by Crippen LogP contribution is 2.20. The summed E-state index contributed by atoms with van der Waals surface area (Å²) < 4.78 is 0. The number of nitrogens with one attached hydrogen (secondary N) is 2. The van der Waals surface area contributed by atoms with Crippen LogP contribution in [0.1, 0.15) is 24.0 Å². The van der Waals surface area contributed by atoms with Crippen molar-refractivity contribution < 1.29 is 4.79 Å². The number of amides is 2. The number of nitrogens with zero attached hydrogens (tertiary/aromatic N) is 1. The predicted molar refractivity (Wildman–Crippen MR) is 103 cm³/mol. The SMILES string of the molecule is Cc1ccc(Cl)cc1NC(=O)NC1CCN(Cc2ccccc2)CC1. The van der Waals surface area contributed by atoms with Crippen LogP contribution in [-0.4, -0.2) is 30.1 Å². The van der Waals surface area contributed by atoms with Gasteiger partial charge in [0, 0.05) is 36.4 Å². The standard InChI is InChI=1S/C20H24ClN3O/c1-15-7-8-17(21)13-19(15)23-20(25)22-18-9-11-24(12-10-18)14-16-5-3-2-4-6-16/h2-8,13,18H,9-12,14H2,1H3,(H2,22,23,25). The molecule has 4 nitrogen and oxygen atoms in total. The molecular weight excluding hydrogens is 334 g/mol. The molecule has 1 fully saturated rings. The number of hydrogen-bond donors (Lipinski definition) is 2. The van der Waals surface area contributed by atoms with Crippen molar-refractivity contribution in [2.24, 2.45) is 0 Å². The molecule has 1 aliphatic heterocycles. The monoisotopic (exact) mass is 357 g/mol. The maximum Gasteiger partial charge on any atom is 0.319 e. The van der Waals surface area contributed by atoms with Gasteiger partial charge in [0.25, 0.3) is 0 Å². The highest BCUT2D eigenvalue weighted by molar-refractivity contribution is 6.31. The van der Waals surface area contributed by atoms with E-state index in [0.717, 1.165) is 43.7 Å². The number of halogens is 1. The molecule has 0 aromatic heterocycles. The number of carbonyl (C=O) groups is 1. The first kappa shape index (κ1) is 17.8. The molecule has 0 radical (unpaired) electrons. The van der Waals surface area contributed by atoms with Crippen LogP contribution in [0.3, 0.4) is 0 Å². The molecular formula is C20H24ClN3O. The van der Waals surface area contributed by atoms with Gasteiger partial charge in [-0.25, -0.2) is 4.79 Å². The first-order valence-electron chi connectivity index (χ1n) is 8.70. The number of piperidine rings is 1. The smallest absolute Gasteiger partial charge is 0.319 e. The maximum atomic E-state index is 12.2. The van der Waals surface area contributed by atoms with Crippen LogP contribution in [-0.2, 0) is 6.54 Å². The Bertz CT molecular complexity index is 712. The summed E-state index contributed by atoms with van der Waals surface area (Å²) in [4.78, 5) is 14.7. The van der Waals surface area contributed by atoms with Crippen molar-refractivity contribution in [3.05, 3.63) is 64.7 Å². The molecule has 1 saturated heterocycles. The van der Waals surface area contributed by atoms with Gasteiger partial charge in [-0.15, -0.1) is 0 Å². The van der Waals surface area contributed by atoms with Gasteiger partial charge in [0.15, 0.2) is 0 Å². The third-order valence-corrected chi connectivity index (χ3v) is 4.85. The van der Waals surface area contributed by atoms with E-state index < -0.39 is 0 Å². The molecule has 0 aliphatic carbocycles. The van der Waals surface area contributed by atoms with Crippen LogP contribution in [0.25, 0.3) is 0 Å². The molecule has 3 rings (SSSR count). The fraction of sp³-hybridized carbons (Fsp3) is 0.350. The van der Waals surface area contributed by atoms with E-state index in [2.05, 4.69) is 39.8 Å². The van der Waals surface area contributed by atoms with Crippen molar-refractivity contribution in [1.29, 1.82) is 0 Å². The van der Waals surface area contributed by atoms with Gasteiger partial charge >= 0.3 is 6.03 Å². The highest BCUT2D eigenvalue weighted by Gasteiger charge is 2.20. The third-order valence-electron chi connectivity index (χ3n) is 4.62. The lowest BCUT2D eigenvalue weighted by Gasteiger charge is -2.32. The molecule has 1 aliphatic rings. The van der Waals surface area contributed by atoms with Gasteiger partial charge in [-0.3, -0.25) is 4.90 Å². The minimum atomic E-state index is -0.160. The van der Waals surface area contributed by atoms with E-state index in [9.17, 15) is 4.79 Å². The van der Waals surface area contributed by atoms with E-state index in [1.807, 2.05) is 25.1 Å². The van der Waals surface area contributed by atoms with Crippen molar-refractivity contribution in [1.82, 2.24) is 10.2 Å². The predicted octanol–water partition coefficient (Wildman–Crippen LogP) is 4.43. The zero-order valence-corrected chi connectivity index (χ0v) is 15.2. The molecule has 1 heterocycles. The van der Waals surface area contributed by atoms with Crippen molar-refractivity contribution in [3.8, 4) is 0 Å². The normalized spacial score (nSPS) is 15.8. The summed E-state index contributed by atoms with van der Waals surface area (Å²) in [6, 6.07) is 16.1. The van der Waals surface area contributed by atoms with Crippen LogP contribution >= 0.6 is 11.6 Å². The highest BCUT2D eigenvalue weighted by atomic mass is 35.5. The third kappa shape index (κ3) is 5.21. The van der Waals surface area contributed by atoms with Gasteiger partial charge in [0.05, 0.1) is 0 Å². The Kier molecular flexibility index (Phi) is 5.95. The Morgan fingerprint density at radius 3 is 2.60 bits per heavy atom. The molecule has 25 heavy (non-hydrogen) atoms. The first-order chi connectivity index (χ1) is 12.1. The lowest BCUT2D eigenvalue weighted by molar-refractivity contribution is 0.190. The summed E-state index contributed by atoms with van der Waals surface area (Å²) in [5.41, 5.74) is 3.09. The van der Waals surface area contributed by atoms with Gasteiger partial charge in [-0.1, -0.05) is 48.0 Å². The Morgan fingerprint density at radius 1 is 1.16 bits per heavy atom. The van der Waals surface area contributed by atoms with Crippen molar-refractivity contribution in [3.63, 3.8) is 0 Å². The van der Waals surface area contributed by atoms with Crippen molar-refractivity contribution in [2.75, 3.05) is 18.4 Å². The number of benzene rings is 2. The quantitative estimate of drug-likeness (QED) is 0.849. The number of likely N-dealkylation sites (tertiary alicyclic amines) is 1. The van der Waals surface area contributed by atoms with E-state index in [0.29, 0.717) is 5.02 Å². The van der Waals surface area contributed by atoms with E-state index in [-0.39, 0.29) is 12.1 Å². The van der Waals surface area contributed by atoms with Crippen LogP contribution in [0.5, 0.6) is 0 Å². The molecule has 0 spiro atoms. The van der Waals surface area contributed by atoms with Crippen LogP contribution in [0.4, 0.5) is 10.5 Å². The van der Waals surface area contributed by atoms with E-state index in [4.69, 9.17) is 11.6 Å². The van der Waals surface area contributed by atoms with E-state index in [1.165, 1.54) is 5.56 Å². The lowest BCUT2D eigenvalue weighted by Crippen LogP contribution is -2.45. The average molecular weight is 358 g/mol. The Hall–Kier alpha value is -2.04. The van der Waals surface area contributed by atoms with Gasteiger partial charge in [-0.2, -0.15) is 0 Å². The number of hydrogen-bond acceptors (Lipinski definition) is 2. The summed E-state index contributed by atoms with van der Waals surface area (Å²) in [6.07, 6.45) is 1.93. The van der Waals surface area contributed by atoms with Gasteiger partial charge < -0.3 is 10.6 Å². The molecule has 5 heteroatoms. The lowest BCUT2D eigenvalue weighted by atomic mass is 10.0. The molecule has 0 saturated carbocycles. The van der Waals surface area contributed by atoms with Crippen LogP contribution in [0, 0.1) is 6.92 Å². The van der Waals surface area contributed by atoms with Gasteiger partial charge in [0.2, 0.25) is 0 Å². The fourth-order valence-corrected chi connectivity index (χ4v) is 3.32. The van der Waals surface area contributed by atoms with Crippen LogP contribution in [0.2, 0.25) is 5.02 Å². The van der Waals surface area contributed by atoms with E-state index in [1.54, 1.807) is 6.07 Å². The minimum Gasteiger partial charge on any atom is -0.335 e. The second-order valence-electron chi connectivity index (χ2n) is 6.59. The van der Waals surface area contributed by atoms with Crippen molar-refractivity contribution in [2.45, 2.75) is 32.4 Å². The molecule has 0 unspecified atom stereocenters. The molecule has 2 aromatic rings. The van der Waals surface area contributed by atoms with Crippen LogP contribution < -0.4 is 10.6 Å². The topological polar surface area (TPSA) is 44.4 Å². The number of carbonyl (C=O) groups excluding carboxylic acids is 1. The van der Waals surface area contributed by atoms with E-state index >= 15 is 0 Å². The summed E-state index contributed by atoms with van der Waals surface area (Å²) in [6.45, 7) is 4.92. The first-order valence-corrected chi connectivity index (χ1v) is 9.08. The number of aryl methyl sites for hydroxylation is 1. The summed E-state index contributed by atoms with van der Waals surface area (Å²) in [7, 11) is 0. The molecule has 2 amide bonds. The second kappa shape index (κ2) is 8.37. The molecule has 132 valence electrons. The van der Waals surface area contributed by atoms with Gasteiger partial charge in [0.1, 0.15) is 0 Å². The maximum absolute atomic E-state index is 12.2. The summed E-state index contributed by atoms with van der Waals surface area (Å²) in [5.74, 6) is 0. The second-order valence-corrected chi connectivity index (χ2v) is 7.03. The summed E-state index contributed by atoms with van der Waals surface area (Å²) in [5, 5.41) is 6.60. The molecule has 2 aromatic carbocycles. The fourth-order valence-electron chi connectivity index (χ4n) is 3.15. The zero-order valence-electron chi connectivity index (χ0n) is 14.5. The largest absolute Gasteiger partial charge is 0.335 e. The minimum absolute atomic E-state index is 0.160. The molecule has 0 bridgehead atoms. The van der Waals surface area contributed by atoms with Crippen molar-refractivity contribution >= 4 is 23.3 Å². The number of rotatable bonds is 4. The van der Waals surface area contributed by atoms with Gasteiger partial charge in [-0.05, 0) is 43.0 Å². The van der Waals surface area contributed by atoms with Crippen LogP contribution in [0.15, 0.2) is 48.5 Å².